The van der Waals surface area contributed by atoms with Crippen LogP contribution in [0.1, 0.15) is 43.9 Å². The molecule has 0 saturated carbocycles. The van der Waals surface area contributed by atoms with Gasteiger partial charge in [-0.25, -0.2) is 0 Å². The lowest BCUT2D eigenvalue weighted by Crippen LogP contribution is -2.40. The van der Waals surface area contributed by atoms with Crippen molar-refractivity contribution in [3.8, 4) is 5.75 Å². The quantitative estimate of drug-likeness (QED) is 0.899. The number of carboxylic acid groups (broad SMARTS) is 1. The van der Waals surface area contributed by atoms with Crippen LogP contribution in [0.4, 0.5) is 0 Å². The van der Waals surface area contributed by atoms with E-state index in [4.69, 9.17) is 9.84 Å². The highest BCUT2D eigenvalue weighted by Gasteiger charge is 2.29. The normalized spacial score (nSPS) is 18.1. The number of hydrogen-bond donors (Lipinski definition) is 1. The molecule has 0 fully saturated rings. The average molecular weight is 277 g/mol. The van der Waals surface area contributed by atoms with Crippen molar-refractivity contribution in [2.24, 2.45) is 0 Å². The lowest BCUT2D eigenvalue weighted by Gasteiger charge is -2.37. The summed E-state index contributed by atoms with van der Waals surface area (Å²) in [7, 11) is 1.66. The van der Waals surface area contributed by atoms with Crippen molar-refractivity contribution in [1.82, 2.24) is 4.90 Å². The third-order valence-corrected chi connectivity index (χ3v) is 4.02. The highest BCUT2D eigenvalue weighted by molar-refractivity contribution is 5.69. The SMILES string of the molecule is COc1ccc2c(c1)C(N(CC(=O)O)C(C)C)CCC2. The Morgan fingerprint density at radius 3 is 2.85 bits per heavy atom. The van der Waals surface area contributed by atoms with Crippen LogP contribution < -0.4 is 4.74 Å². The first-order valence-electron chi connectivity index (χ1n) is 7.17. The van der Waals surface area contributed by atoms with Crippen molar-refractivity contribution in [1.29, 1.82) is 0 Å². The number of nitrogens with zero attached hydrogens (tertiary/aromatic N) is 1. The molecule has 4 nitrogen and oxygen atoms in total. The first-order chi connectivity index (χ1) is 9.52. The third-order valence-electron chi connectivity index (χ3n) is 4.02. The minimum atomic E-state index is -0.770. The van der Waals surface area contributed by atoms with E-state index in [0.717, 1.165) is 25.0 Å². The number of rotatable bonds is 5. The Kier molecular flexibility index (Phi) is 4.65. The third kappa shape index (κ3) is 3.12. The topological polar surface area (TPSA) is 49.8 Å². The molecule has 110 valence electrons. The summed E-state index contributed by atoms with van der Waals surface area (Å²) in [6.45, 7) is 4.19. The van der Waals surface area contributed by atoms with Crippen molar-refractivity contribution >= 4 is 5.97 Å². The molecular formula is C16H23NO3. The number of aliphatic carboxylic acids is 1. The van der Waals surface area contributed by atoms with Gasteiger partial charge in [0.2, 0.25) is 0 Å². The molecule has 1 unspecified atom stereocenters. The summed E-state index contributed by atoms with van der Waals surface area (Å²) in [4.78, 5) is 13.2. The van der Waals surface area contributed by atoms with E-state index in [1.54, 1.807) is 7.11 Å². The summed E-state index contributed by atoms with van der Waals surface area (Å²) in [6.07, 6.45) is 3.17. The molecule has 2 rings (SSSR count). The van der Waals surface area contributed by atoms with E-state index in [-0.39, 0.29) is 18.6 Å². The summed E-state index contributed by atoms with van der Waals surface area (Å²) < 4.78 is 5.32. The zero-order chi connectivity index (χ0) is 14.7. The number of hydrogen-bond acceptors (Lipinski definition) is 3. The lowest BCUT2D eigenvalue weighted by molar-refractivity contribution is -0.139. The monoisotopic (exact) mass is 277 g/mol. The summed E-state index contributed by atoms with van der Waals surface area (Å²) in [5, 5.41) is 9.15. The summed E-state index contributed by atoms with van der Waals surface area (Å²) in [5.41, 5.74) is 2.55. The Hall–Kier alpha value is -1.55. The molecule has 20 heavy (non-hydrogen) atoms. The minimum absolute atomic E-state index is 0.0823. The van der Waals surface area contributed by atoms with E-state index in [9.17, 15) is 4.79 Å². The average Bonchev–Trinajstić information content (AvgIpc) is 2.43. The second-order valence-electron chi connectivity index (χ2n) is 5.63. The first kappa shape index (κ1) is 14.9. The maximum absolute atomic E-state index is 11.1. The summed E-state index contributed by atoms with van der Waals surface area (Å²) >= 11 is 0. The van der Waals surface area contributed by atoms with Crippen LogP contribution in [-0.4, -0.2) is 35.7 Å². The van der Waals surface area contributed by atoms with Gasteiger partial charge in [-0.05, 0) is 56.4 Å². The van der Waals surface area contributed by atoms with Gasteiger partial charge in [-0.3, -0.25) is 9.69 Å². The number of fused-ring (bicyclic) bond motifs is 1. The predicted octanol–water partition coefficient (Wildman–Crippen LogP) is 2.87. The molecule has 0 saturated heterocycles. The van der Waals surface area contributed by atoms with Gasteiger partial charge in [-0.2, -0.15) is 0 Å². The zero-order valence-electron chi connectivity index (χ0n) is 12.4. The Morgan fingerprint density at radius 1 is 1.50 bits per heavy atom. The molecule has 1 aliphatic rings. The molecule has 1 aromatic rings. The van der Waals surface area contributed by atoms with Gasteiger partial charge in [0.25, 0.3) is 0 Å². The molecule has 0 amide bonds. The molecule has 0 bridgehead atoms. The zero-order valence-corrected chi connectivity index (χ0v) is 12.4. The second kappa shape index (κ2) is 6.27. The molecule has 1 aromatic carbocycles. The highest BCUT2D eigenvalue weighted by atomic mass is 16.5. The fraction of sp³-hybridized carbons (Fsp3) is 0.562. The van der Waals surface area contributed by atoms with Gasteiger partial charge >= 0.3 is 5.97 Å². The number of methoxy groups -OCH3 is 1. The molecular weight excluding hydrogens is 254 g/mol. The van der Waals surface area contributed by atoms with Crippen LogP contribution in [0.2, 0.25) is 0 Å². The number of carboxylic acids is 1. The van der Waals surface area contributed by atoms with Crippen molar-refractivity contribution < 1.29 is 14.6 Å². The van der Waals surface area contributed by atoms with Gasteiger partial charge in [0.05, 0.1) is 13.7 Å². The standard InChI is InChI=1S/C16H23NO3/c1-11(2)17(10-16(18)19)15-6-4-5-12-7-8-13(20-3)9-14(12)15/h7-9,11,15H,4-6,10H2,1-3H3,(H,18,19). The number of ether oxygens (including phenoxy) is 1. The number of aryl methyl sites for hydroxylation is 1. The van der Waals surface area contributed by atoms with E-state index in [1.807, 2.05) is 6.07 Å². The van der Waals surface area contributed by atoms with Gasteiger partial charge in [0.1, 0.15) is 5.75 Å². The van der Waals surface area contributed by atoms with Crippen LogP contribution >= 0.6 is 0 Å². The van der Waals surface area contributed by atoms with Crippen LogP contribution in [0, 0.1) is 0 Å². The van der Waals surface area contributed by atoms with Gasteiger partial charge < -0.3 is 9.84 Å². The van der Waals surface area contributed by atoms with Gasteiger partial charge in [0.15, 0.2) is 0 Å². The van der Waals surface area contributed by atoms with Gasteiger partial charge in [-0.1, -0.05) is 6.07 Å². The number of carbonyl (C=O) groups is 1. The van der Waals surface area contributed by atoms with Crippen LogP contribution in [0.3, 0.4) is 0 Å². The van der Waals surface area contributed by atoms with Crippen molar-refractivity contribution in [2.45, 2.75) is 45.2 Å². The molecule has 0 aromatic heterocycles. The smallest absolute Gasteiger partial charge is 0.317 e. The fourth-order valence-corrected chi connectivity index (χ4v) is 3.03. The largest absolute Gasteiger partial charge is 0.497 e. The van der Waals surface area contributed by atoms with E-state index in [0.29, 0.717) is 0 Å². The van der Waals surface area contributed by atoms with Gasteiger partial charge in [-0.15, -0.1) is 0 Å². The molecule has 1 N–H and O–H groups in total. The first-order valence-corrected chi connectivity index (χ1v) is 7.17. The van der Waals surface area contributed by atoms with Crippen LogP contribution in [-0.2, 0) is 11.2 Å². The summed E-state index contributed by atoms with van der Waals surface area (Å²) in [5.74, 6) is 0.0726. The lowest BCUT2D eigenvalue weighted by atomic mass is 9.86. The molecule has 4 heteroatoms. The predicted molar refractivity (Wildman–Crippen MR) is 78.2 cm³/mol. The minimum Gasteiger partial charge on any atom is -0.497 e. The Morgan fingerprint density at radius 2 is 2.25 bits per heavy atom. The summed E-state index contributed by atoms with van der Waals surface area (Å²) in [6, 6.07) is 6.53. The van der Waals surface area contributed by atoms with E-state index in [2.05, 4.69) is 30.9 Å². The Labute approximate surface area is 120 Å². The fourth-order valence-electron chi connectivity index (χ4n) is 3.03. The van der Waals surface area contributed by atoms with Crippen molar-refractivity contribution in [2.75, 3.05) is 13.7 Å². The molecule has 1 atom stereocenters. The molecule has 0 radical (unpaired) electrons. The Balaban J connectivity index is 2.35. The maximum Gasteiger partial charge on any atom is 0.317 e. The molecule has 0 aliphatic heterocycles. The van der Waals surface area contributed by atoms with E-state index < -0.39 is 5.97 Å². The van der Waals surface area contributed by atoms with Gasteiger partial charge in [0, 0.05) is 12.1 Å². The van der Waals surface area contributed by atoms with Crippen LogP contribution in [0.15, 0.2) is 18.2 Å². The molecule has 0 heterocycles. The highest BCUT2D eigenvalue weighted by Crippen LogP contribution is 2.37. The molecule has 1 aliphatic carbocycles. The van der Waals surface area contributed by atoms with Crippen molar-refractivity contribution in [3.05, 3.63) is 29.3 Å². The Bertz CT molecular complexity index is 485. The van der Waals surface area contributed by atoms with E-state index >= 15 is 0 Å². The van der Waals surface area contributed by atoms with E-state index in [1.165, 1.54) is 11.1 Å². The van der Waals surface area contributed by atoms with Crippen LogP contribution in [0.5, 0.6) is 5.75 Å². The van der Waals surface area contributed by atoms with Crippen molar-refractivity contribution in [3.63, 3.8) is 0 Å². The molecule has 0 spiro atoms. The maximum atomic E-state index is 11.1. The second-order valence-corrected chi connectivity index (χ2v) is 5.63. The van der Waals surface area contributed by atoms with Crippen LogP contribution in [0.25, 0.3) is 0 Å². The number of benzene rings is 1.